The van der Waals surface area contributed by atoms with E-state index in [1.807, 2.05) is 0 Å². The minimum atomic E-state index is -0.404. The number of hydrogen-bond donors (Lipinski definition) is 2. The van der Waals surface area contributed by atoms with Gasteiger partial charge in [0.25, 0.3) is 0 Å². The SMILES string of the molecule is NC(=O)C[C@@H](N)c1ccoc1. The van der Waals surface area contributed by atoms with Crippen molar-refractivity contribution in [3.8, 4) is 0 Å². The van der Waals surface area contributed by atoms with Gasteiger partial charge in [0.05, 0.1) is 12.5 Å². The predicted octanol–water partition coefficient (Wildman–Crippen LogP) is 0.155. The van der Waals surface area contributed by atoms with E-state index in [0.717, 1.165) is 5.56 Å². The van der Waals surface area contributed by atoms with Crippen LogP contribution in [0.4, 0.5) is 0 Å². The van der Waals surface area contributed by atoms with Crippen LogP contribution >= 0.6 is 0 Å². The standard InChI is InChI=1S/C7H10N2O2/c8-6(3-7(9)10)5-1-2-11-4-5/h1-2,4,6H,3,8H2,(H2,9,10)/t6-/m1/s1. The zero-order valence-corrected chi connectivity index (χ0v) is 5.99. The summed E-state index contributed by atoms with van der Waals surface area (Å²) in [6.07, 6.45) is 3.17. The maximum atomic E-state index is 10.4. The molecule has 4 nitrogen and oxygen atoms in total. The fourth-order valence-corrected chi connectivity index (χ4v) is 0.821. The second-order valence-corrected chi connectivity index (χ2v) is 2.33. The quantitative estimate of drug-likeness (QED) is 0.650. The molecule has 60 valence electrons. The van der Waals surface area contributed by atoms with E-state index in [-0.39, 0.29) is 12.5 Å². The minimum Gasteiger partial charge on any atom is -0.472 e. The molecule has 0 spiro atoms. The van der Waals surface area contributed by atoms with Crippen LogP contribution in [0.2, 0.25) is 0 Å². The highest BCUT2D eigenvalue weighted by Crippen LogP contribution is 2.12. The lowest BCUT2D eigenvalue weighted by Crippen LogP contribution is -2.20. The van der Waals surface area contributed by atoms with E-state index in [0.29, 0.717) is 0 Å². The minimum absolute atomic E-state index is 0.152. The fraction of sp³-hybridized carbons (Fsp3) is 0.286. The van der Waals surface area contributed by atoms with Crippen LogP contribution in [0.25, 0.3) is 0 Å². The van der Waals surface area contributed by atoms with Crippen LogP contribution in [0.15, 0.2) is 23.0 Å². The Labute approximate surface area is 64.2 Å². The van der Waals surface area contributed by atoms with Gasteiger partial charge in [0.2, 0.25) is 5.91 Å². The van der Waals surface area contributed by atoms with Crippen LogP contribution in [0.3, 0.4) is 0 Å². The Balaban J connectivity index is 2.56. The second kappa shape index (κ2) is 3.21. The molecule has 1 rings (SSSR count). The molecule has 0 saturated carbocycles. The third kappa shape index (κ3) is 2.09. The topological polar surface area (TPSA) is 82.2 Å². The zero-order chi connectivity index (χ0) is 8.27. The molecule has 0 bridgehead atoms. The molecule has 0 aliphatic carbocycles. The Morgan fingerprint density at radius 1 is 1.73 bits per heavy atom. The number of hydrogen-bond acceptors (Lipinski definition) is 3. The van der Waals surface area contributed by atoms with Crippen molar-refractivity contribution in [2.45, 2.75) is 12.5 Å². The highest BCUT2D eigenvalue weighted by atomic mass is 16.3. The highest BCUT2D eigenvalue weighted by Gasteiger charge is 2.09. The molecule has 4 heteroatoms. The lowest BCUT2D eigenvalue weighted by atomic mass is 10.1. The molecule has 11 heavy (non-hydrogen) atoms. The average Bonchev–Trinajstić information content (AvgIpc) is 2.35. The van der Waals surface area contributed by atoms with Gasteiger partial charge in [-0.15, -0.1) is 0 Å². The van der Waals surface area contributed by atoms with Gasteiger partial charge >= 0.3 is 0 Å². The largest absolute Gasteiger partial charge is 0.472 e. The summed E-state index contributed by atoms with van der Waals surface area (Å²) in [5.74, 6) is -0.404. The van der Waals surface area contributed by atoms with Gasteiger partial charge in [-0.05, 0) is 6.07 Å². The number of amides is 1. The molecule has 0 saturated heterocycles. The van der Waals surface area contributed by atoms with Crippen molar-refractivity contribution >= 4 is 5.91 Å². The molecular weight excluding hydrogens is 144 g/mol. The van der Waals surface area contributed by atoms with Gasteiger partial charge in [-0.3, -0.25) is 4.79 Å². The van der Waals surface area contributed by atoms with E-state index in [1.165, 1.54) is 12.5 Å². The molecule has 0 aliphatic rings. The number of primary amides is 1. The summed E-state index contributed by atoms with van der Waals surface area (Å²) in [5, 5.41) is 0. The van der Waals surface area contributed by atoms with Crippen molar-refractivity contribution in [3.63, 3.8) is 0 Å². The van der Waals surface area contributed by atoms with Crippen molar-refractivity contribution in [3.05, 3.63) is 24.2 Å². The molecule has 1 aromatic heterocycles. The van der Waals surface area contributed by atoms with Gasteiger partial charge in [0.15, 0.2) is 0 Å². The molecule has 1 aromatic rings. The Bertz CT molecular complexity index is 231. The van der Waals surface area contributed by atoms with E-state index in [4.69, 9.17) is 15.9 Å². The molecular formula is C7H10N2O2. The van der Waals surface area contributed by atoms with Crippen LogP contribution in [-0.4, -0.2) is 5.91 Å². The van der Waals surface area contributed by atoms with Gasteiger partial charge in [0.1, 0.15) is 0 Å². The summed E-state index contributed by atoms with van der Waals surface area (Å²) >= 11 is 0. The second-order valence-electron chi connectivity index (χ2n) is 2.33. The lowest BCUT2D eigenvalue weighted by Gasteiger charge is -2.04. The Kier molecular flexibility index (Phi) is 2.28. The Morgan fingerprint density at radius 3 is 2.91 bits per heavy atom. The Hall–Kier alpha value is -1.29. The summed E-state index contributed by atoms with van der Waals surface area (Å²) in [7, 11) is 0. The van der Waals surface area contributed by atoms with Gasteiger partial charge in [-0.2, -0.15) is 0 Å². The molecule has 0 aliphatic heterocycles. The van der Waals surface area contributed by atoms with Crippen molar-refractivity contribution in [1.29, 1.82) is 0 Å². The highest BCUT2D eigenvalue weighted by molar-refractivity contribution is 5.74. The van der Waals surface area contributed by atoms with E-state index in [1.54, 1.807) is 6.07 Å². The third-order valence-corrected chi connectivity index (χ3v) is 1.39. The molecule has 0 aromatic carbocycles. The number of carbonyl (C=O) groups is 1. The van der Waals surface area contributed by atoms with Crippen LogP contribution in [0, 0.1) is 0 Å². The van der Waals surface area contributed by atoms with Gasteiger partial charge in [0, 0.05) is 18.0 Å². The maximum Gasteiger partial charge on any atom is 0.219 e. The van der Waals surface area contributed by atoms with Crippen LogP contribution in [-0.2, 0) is 4.79 Å². The normalized spacial score (nSPS) is 12.8. The lowest BCUT2D eigenvalue weighted by molar-refractivity contribution is -0.118. The smallest absolute Gasteiger partial charge is 0.219 e. The first-order valence-electron chi connectivity index (χ1n) is 3.26. The third-order valence-electron chi connectivity index (χ3n) is 1.39. The molecule has 1 amide bonds. The summed E-state index contributed by atoms with van der Waals surface area (Å²) in [5.41, 5.74) is 11.3. The Morgan fingerprint density at radius 2 is 2.45 bits per heavy atom. The molecule has 4 N–H and O–H groups in total. The molecule has 1 atom stereocenters. The van der Waals surface area contributed by atoms with Crippen LogP contribution in [0.5, 0.6) is 0 Å². The summed E-state index contributed by atoms with van der Waals surface area (Å²) in [6, 6.07) is 1.37. The summed E-state index contributed by atoms with van der Waals surface area (Å²) < 4.78 is 4.79. The van der Waals surface area contributed by atoms with E-state index in [2.05, 4.69) is 0 Å². The van der Waals surface area contributed by atoms with Crippen molar-refractivity contribution in [2.75, 3.05) is 0 Å². The van der Waals surface area contributed by atoms with Crippen LogP contribution < -0.4 is 11.5 Å². The first kappa shape index (κ1) is 7.81. The average molecular weight is 154 g/mol. The van der Waals surface area contributed by atoms with E-state index >= 15 is 0 Å². The molecule has 0 radical (unpaired) electrons. The molecule has 0 unspecified atom stereocenters. The number of rotatable bonds is 3. The van der Waals surface area contributed by atoms with Crippen molar-refractivity contribution in [2.24, 2.45) is 11.5 Å². The summed E-state index contributed by atoms with van der Waals surface area (Å²) in [6.45, 7) is 0. The number of carbonyl (C=O) groups excluding carboxylic acids is 1. The number of nitrogens with two attached hydrogens (primary N) is 2. The monoisotopic (exact) mass is 154 g/mol. The van der Waals surface area contributed by atoms with Crippen molar-refractivity contribution in [1.82, 2.24) is 0 Å². The van der Waals surface area contributed by atoms with Gasteiger partial charge in [-0.1, -0.05) is 0 Å². The van der Waals surface area contributed by atoms with Crippen LogP contribution in [0.1, 0.15) is 18.0 Å². The van der Waals surface area contributed by atoms with Crippen molar-refractivity contribution < 1.29 is 9.21 Å². The summed E-state index contributed by atoms with van der Waals surface area (Å²) in [4.78, 5) is 10.4. The first-order chi connectivity index (χ1) is 5.20. The van der Waals surface area contributed by atoms with E-state index in [9.17, 15) is 4.79 Å². The van der Waals surface area contributed by atoms with Gasteiger partial charge in [-0.25, -0.2) is 0 Å². The molecule has 1 heterocycles. The number of furan rings is 1. The molecule has 0 fully saturated rings. The zero-order valence-electron chi connectivity index (χ0n) is 5.99. The van der Waals surface area contributed by atoms with E-state index < -0.39 is 5.91 Å². The van der Waals surface area contributed by atoms with Gasteiger partial charge < -0.3 is 15.9 Å². The predicted molar refractivity (Wildman–Crippen MR) is 39.4 cm³/mol. The maximum absolute atomic E-state index is 10.4. The first-order valence-corrected chi connectivity index (χ1v) is 3.26. The fourth-order valence-electron chi connectivity index (χ4n) is 0.821.